The Balaban J connectivity index is 1.87. The molecule has 0 saturated heterocycles. The maximum absolute atomic E-state index is 14.3. The van der Waals surface area contributed by atoms with Gasteiger partial charge in [-0.3, -0.25) is 0 Å². The molecule has 2 aromatic heterocycles. The lowest BCUT2D eigenvalue weighted by Crippen LogP contribution is -2.05. The SMILES string of the molecule is CCc1ncnc(Sc2nnc(Cc3ccccc3)n2CC)c1F. The fraction of sp³-hybridized carbons (Fsp3) is 0.294. The molecule has 0 fully saturated rings. The first-order valence-corrected chi connectivity index (χ1v) is 8.67. The van der Waals surface area contributed by atoms with E-state index in [0.29, 0.717) is 30.2 Å². The predicted octanol–water partition coefficient (Wildman–Crippen LogP) is 3.53. The van der Waals surface area contributed by atoms with E-state index in [1.165, 1.54) is 18.1 Å². The molecule has 0 atom stereocenters. The number of nitrogens with zero attached hydrogens (tertiary/aromatic N) is 5. The van der Waals surface area contributed by atoms with Crippen molar-refractivity contribution in [3.63, 3.8) is 0 Å². The lowest BCUT2D eigenvalue weighted by Gasteiger charge is -2.08. The van der Waals surface area contributed by atoms with Crippen LogP contribution in [-0.2, 0) is 19.4 Å². The molecule has 0 unspecified atom stereocenters. The third-order valence-corrected chi connectivity index (χ3v) is 4.63. The Morgan fingerprint density at radius 2 is 1.88 bits per heavy atom. The van der Waals surface area contributed by atoms with Gasteiger partial charge in [0.25, 0.3) is 0 Å². The number of aryl methyl sites for hydroxylation is 1. The van der Waals surface area contributed by atoms with Gasteiger partial charge < -0.3 is 4.57 Å². The summed E-state index contributed by atoms with van der Waals surface area (Å²) in [5.74, 6) is 0.483. The van der Waals surface area contributed by atoms with Gasteiger partial charge in [-0.25, -0.2) is 14.4 Å². The Kier molecular flexibility index (Phi) is 5.20. The van der Waals surface area contributed by atoms with Crippen molar-refractivity contribution < 1.29 is 4.39 Å². The minimum Gasteiger partial charge on any atom is -0.306 e. The van der Waals surface area contributed by atoms with Crippen LogP contribution in [0.4, 0.5) is 4.39 Å². The van der Waals surface area contributed by atoms with Crippen molar-refractivity contribution in [2.75, 3.05) is 0 Å². The van der Waals surface area contributed by atoms with Gasteiger partial charge in [-0.05, 0) is 30.7 Å². The van der Waals surface area contributed by atoms with Crippen molar-refractivity contribution in [2.24, 2.45) is 0 Å². The molecule has 0 aliphatic heterocycles. The zero-order chi connectivity index (χ0) is 16.9. The quantitative estimate of drug-likeness (QED) is 0.641. The van der Waals surface area contributed by atoms with Crippen LogP contribution in [0.5, 0.6) is 0 Å². The van der Waals surface area contributed by atoms with Gasteiger partial charge >= 0.3 is 0 Å². The minimum absolute atomic E-state index is 0.287. The van der Waals surface area contributed by atoms with Crippen LogP contribution >= 0.6 is 11.8 Å². The van der Waals surface area contributed by atoms with E-state index < -0.39 is 0 Å². The Labute approximate surface area is 144 Å². The van der Waals surface area contributed by atoms with Crippen molar-refractivity contribution >= 4 is 11.8 Å². The molecule has 0 bridgehead atoms. The minimum atomic E-state index is -0.375. The summed E-state index contributed by atoms with van der Waals surface area (Å²) in [4.78, 5) is 8.01. The van der Waals surface area contributed by atoms with Gasteiger partial charge in [0, 0.05) is 13.0 Å². The maximum Gasteiger partial charge on any atom is 0.197 e. The van der Waals surface area contributed by atoms with Crippen LogP contribution in [0.25, 0.3) is 0 Å². The van der Waals surface area contributed by atoms with E-state index in [4.69, 9.17) is 0 Å². The van der Waals surface area contributed by atoms with Crippen LogP contribution in [0.3, 0.4) is 0 Å². The first-order valence-electron chi connectivity index (χ1n) is 7.86. The van der Waals surface area contributed by atoms with Crippen LogP contribution in [0.2, 0.25) is 0 Å². The molecule has 0 saturated carbocycles. The summed E-state index contributed by atoms with van der Waals surface area (Å²) in [5, 5.41) is 9.43. The van der Waals surface area contributed by atoms with E-state index in [1.807, 2.05) is 36.6 Å². The number of aromatic nitrogens is 5. The monoisotopic (exact) mass is 343 g/mol. The summed E-state index contributed by atoms with van der Waals surface area (Å²) >= 11 is 1.19. The normalized spacial score (nSPS) is 11.0. The highest BCUT2D eigenvalue weighted by atomic mass is 32.2. The largest absolute Gasteiger partial charge is 0.306 e. The van der Waals surface area contributed by atoms with Crippen molar-refractivity contribution in [1.29, 1.82) is 0 Å². The predicted molar refractivity (Wildman–Crippen MR) is 90.4 cm³/mol. The molecule has 24 heavy (non-hydrogen) atoms. The highest BCUT2D eigenvalue weighted by Crippen LogP contribution is 2.28. The molecule has 5 nitrogen and oxygen atoms in total. The summed E-state index contributed by atoms with van der Waals surface area (Å²) < 4.78 is 16.3. The standard InChI is InChI=1S/C17H18FN5S/c1-3-13-15(18)16(20-11-19-13)24-17-22-21-14(23(17)4-2)10-12-8-6-5-7-9-12/h5-9,11H,3-4,10H2,1-2H3. The molecule has 0 aliphatic rings. The van der Waals surface area contributed by atoms with Crippen molar-refractivity contribution in [3.05, 3.63) is 59.6 Å². The third kappa shape index (κ3) is 3.46. The second kappa shape index (κ2) is 7.53. The van der Waals surface area contributed by atoms with Gasteiger partial charge in [0.15, 0.2) is 11.0 Å². The Morgan fingerprint density at radius 1 is 1.08 bits per heavy atom. The van der Waals surface area contributed by atoms with Crippen LogP contribution < -0.4 is 0 Å². The fourth-order valence-corrected chi connectivity index (χ4v) is 3.32. The first-order chi connectivity index (χ1) is 11.7. The molecule has 0 N–H and O–H groups in total. The van der Waals surface area contributed by atoms with Crippen LogP contribution in [0.1, 0.15) is 30.9 Å². The van der Waals surface area contributed by atoms with Gasteiger partial charge in [-0.15, -0.1) is 10.2 Å². The Morgan fingerprint density at radius 3 is 2.58 bits per heavy atom. The molecule has 0 amide bonds. The van der Waals surface area contributed by atoms with E-state index in [0.717, 1.165) is 11.4 Å². The van der Waals surface area contributed by atoms with Crippen LogP contribution in [-0.4, -0.2) is 24.7 Å². The topological polar surface area (TPSA) is 56.5 Å². The zero-order valence-electron chi connectivity index (χ0n) is 13.6. The highest BCUT2D eigenvalue weighted by molar-refractivity contribution is 7.99. The van der Waals surface area contributed by atoms with E-state index in [-0.39, 0.29) is 10.8 Å². The van der Waals surface area contributed by atoms with Gasteiger partial charge in [0.1, 0.15) is 17.2 Å². The molecule has 0 spiro atoms. The van der Waals surface area contributed by atoms with E-state index in [2.05, 4.69) is 32.3 Å². The summed E-state index contributed by atoms with van der Waals surface area (Å²) in [7, 11) is 0. The van der Waals surface area contributed by atoms with Crippen molar-refractivity contribution in [2.45, 2.75) is 43.4 Å². The number of hydrogen-bond acceptors (Lipinski definition) is 5. The van der Waals surface area contributed by atoms with Gasteiger partial charge in [-0.1, -0.05) is 37.3 Å². The molecule has 2 heterocycles. The zero-order valence-corrected chi connectivity index (χ0v) is 14.4. The van der Waals surface area contributed by atoms with E-state index >= 15 is 0 Å². The van der Waals surface area contributed by atoms with Gasteiger partial charge in [0.05, 0.1) is 5.69 Å². The second-order valence-electron chi connectivity index (χ2n) is 5.20. The average molecular weight is 343 g/mol. The average Bonchev–Trinajstić information content (AvgIpc) is 2.99. The van der Waals surface area contributed by atoms with E-state index in [1.54, 1.807) is 0 Å². The molecule has 7 heteroatoms. The van der Waals surface area contributed by atoms with Crippen molar-refractivity contribution in [3.8, 4) is 0 Å². The second-order valence-corrected chi connectivity index (χ2v) is 6.16. The van der Waals surface area contributed by atoms with Crippen molar-refractivity contribution in [1.82, 2.24) is 24.7 Å². The third-order valence-electron chi connectivity index (χ3n) is 3.67. The lowest BCUT2D eigenvalue weighted by atomic mass is 10.1. The summed E-state index contributed by atoms with van der Waals surface area (Å²) in [6.07, 6.45) is 2.61. The number of halogens is 1. The smallest absolute Gasteiger partial charge is 0.197 e. The Bertz CT molecular complexity index is 819. The summed E-state index contributed by atoms with van der Waals surface area (Å²) in [6.45, 7) is 4.60. The molecule has 0 aliphatic carbocycles. The van der Waals surface area contributed by atoms with Gasteiger partial charge in [0.2, 0.25) is 0 Å². The molecule has 0 radical (unpaired) electrons. The summed E-state index contributed by atoms with van der Waals surface area (Å²) in [5.41, 5.74) is 1.58. The Hall–Kier alpha value is -2.28. The molecule has 3 rings (SSSR count). The van der Waals surface area contributed by atoms with E-state index in [9.17, 15) is 4.39 Å². The van der Waals surface area contributed by atoms with Crippen LogP contribution in [0, 0.1) is 5.82 Å². The maximum atomic E-state index is 14.3. The first kappa shape index (κ1) is 16.6. The molecule has 1 aromatic carbocycles. The highest BCUT2D eigenvalue weighted by Gasteiger charge is 2.17. The fourth-order valence-electron chi connectivity index (χ4n) is 2.41. The number of rotatable bonds is 6. The molecule has 3 aromatic rings. The lowest BCUT2D eigenvalue weighted by molar-refractivity contribution is 0.558. The summed E-state index contributed by atoms with van der Waals surface area (Å²) in [6, 6.07) is 10.1. The van der Waals surface area contributed by atoms with Crippen LogP contribution in [0.15, 0.2) is 46.8 Å². The molecular formula is C17H18FN5S. The molecule has 124 valence electrons. The number of benzene rings is 1. The molecular weight excluding hydrogens is 325 g/mol. The van der Waals surface area contributed by atoms with Gasteiger partial charge in [-0.2, -0.15) is 0 Å². The number of hydrogen-bond donors (Lipinski definition) is 0.